The number of aromatic nitrogens is 3. The van der Waals surface area contributed by atoms with Crippen molar-refractivity contribution in [3.63, 3.8) is 0 Å². The van der Waals surface area contributed by atoms with E-state index in [4.69, 9.17) is 16.3 Å². The molecule has 150 valence electrons. The molecule has 4 rings (SSSR count). The molecular formula is C16H17ClFN5O4S. The van der Waals surface area contributed by atoms with Gasteiger partial charge < -0.3 is 20.3 Å². The van der Waals surface area contributed by atoms with E-state index in [0.717, 1.165) is 24.6 Å². The number of ether oxygens (including phenoxy) is 1. The molecule has 1 amide bonds. The molecule has 0 radical (unpaired) electrons. The molecule has 28 heavy (non-hydrogen) atoms. The number of aromatic hydroxyl groups is 1. The summed E-state index contributed by atoms with van der Waals surface area (Å²) >= 11 is 7.01. The minimum Gasteiger partial charge on any atom is -0.493 e. The predicted octanol–water partition coefficient (Wildman–Crippen LogP) is 2.11. The van der Waals surface area contributed by atoms with Crippen LogP contribution >= 0.6 is 23.4 Å². The molecule has 0 spiro atoms. The topological polar surface area (TPSA) is 121 Å². The Balaban J connectivity index is 1.63. The Hall–Kier alpha value is -2.11. The normalized spacial score (nSPS) is 24.0. The van der Waals surface area contributed by atoms with Crippen molar-refractivity contribution in [3.8, 4) is 11.8 Å². The highest BCUT2D eigenvalue weighted by atomic mass is 35.5. The van der Waals surface area contributed by atoms with E-state index in [0.29, 0.717) is 6.54 Å². The summed E-state index contributed by atoms with van der Waals surface area (Å²) in [5.41, 5.74) is -0.184. The molecule has 2 aliphatic heterocycles. The van der Waals surface area contributed by atoms with Crippen LogP contribution in [0.1, 0.15) is 12.8 Å². The standard InChI is InChI=1S/C16H17ClFN5O4S/c1-28-15-20-11-9(13(24)22-15)14(21-12(17)10(11)18)27-5-7-8-3-2-6(4-19-7)23(8)16(25)26/h6-8,19H,2-5H2,1H3,(H,25,26)(H,20,22,24). The molecule has 0 aromatic carbocycles. The maximum Gasteiger partial charge on any atom is 0.407 e. The first kappa shape index (κ1) is 19.2. The third kappa shape index (κ3) is 3.16. The van der Waals surface area contributed by atoms with E-state index >= 15 is 0 Å². The van der Waals surface area contributed by atoms with E-state index in [1.54, 1.807) is 6.26 Å². The Morgan fingerprint density at radius 1 is 1.43 bits per heavy atom. The largest absolute Gasteiger partial charge is 0.493 e. The van der Waals surface area contributed by atoms with E-state index in [1.807, 2.05) is 0 Å². The van der Waals surface area contributed by atoms with Gasteiger partial charge in [-0.05, 0) is 19.1 Å². The van der Waals surface area contributed by atoms with Gasteiger partial charge in [-0.25, -0.2) is 14.2 Å². The van der Waals surface area contributed by atoms with Crippen molar-refractivity contribution in [1.82, 2.24) is 25.2 Å². The molecule has 2 saturated heterocycles. The molecular weight excluding hydrogens is 413 g/mol. The van der Waals surface area contributed by atoms with Crippen molar-refractivity contribution in [2.45, 2.75) is 36.1 Å². The van der Waals surface area contributed by atoms with Gasteiger partial charge in [0.05, 0.1) is 12.1 Å². The van der Waals surface area contributed by atoms with E-state index < -0.39 is 22.9 Å². The molecule has 3 N–H and O–H groups in total. The summed E-state index contributed by atoms with van der Waals surface area (Å²) in [5, 5.41) is 22.6. The third-order valence-corrected chi connectivity index (χ3v) is 5.90. The molecule has 2 aliphatic rings. The monoisotopic (exact) mass is 429 g/mol. The third-order valence-electron chi connectivity index (χ3n) is 5.10. The smallest absolute Gasteiger partial charge is 0.407 e. The van der Waals surface area contributed by atoms with Gasteiger partial charge in [0.2, 0.25) is 11.8 Å². The van der Waals surface area contributed by atoms with Crippen LogP contribution in [0.4, 0.5) is 9.18 Å². The van der Waals surface area contributed by atoms with Crippen molar-refractivity contribution in [3.05, 3.63) is 11.0 Å². The number of rotatable bonds is 4. The molecule has 4 heterocycles. The number of nitrogens with one attached hydrogen (secondary N) is 1. The number of carboxylic acid groups (broad SMARTS) is 1. The second kappa shape index (κ2) is 7.37. The van der Waals surface area contributed by atoms with Crippen LogP contribution in [0.3, 0.4) is 0 Å². The second-order valence-corrected chi connectivity index (χ2v) is 7.72. The first-order valence-electron chi connectivity index (χ1n) is 8.57. The average Bonchev–Trinajstić information content (AvgIpc) is 2.99. The van der Waals surface area contributed by atoms with Gasteiger partial charge in [-0.3, -0.25) is 4.90 Å². The van der Waals surface area contributed by atoms with Crippen LogP contribution in [0.5, 0.6) is 11.8 Å². The molecule has 2 aromatic heterocycles. The first-order valence-corrected chi connectivity index (χ1v) is 10.2. The maximum absolute atomic E-state index is 14.4. The van der Waals surface area contributed by atoms with Crippen molar-refractivity contribution >= 4 is 40.4 Å². The fourth-order valence-electron chi connectivity index (χ4n) is 3.84. The zero-order chi connectivity index (χ0) is 20.0. The average molecular weight is 430 g/mol. The summed E-state index contributed by atoms with van der Waals surface area (Å²) in [6, 6.07) is -0.546. The van der Waals surface area contributed by atoms with Crippen LogP contribution in [-0.2, 0) is 0 Å². The quantitative estimate of drug-likeness (QED) is 0.381. The highest BCUT2D eigenvalue weighted by Crippen LogP contribution is 2.36. The SMILES string of the molecule is CSc1nc(O)c2c(OCC3NCC4CCC3N4C(=O)O)nc(Cl)c(F)c2n1. The zero-order valence-electron chi connectivity index (χ0n) is 14.7. The van der Waals surface area contributed by atoms with Crippen LogP contribution in [0.25, 0.3) is 10.9 Å². The Morgan fingerprint density at radius 3 is 2.93 bits per heavy atom. The summed E-state index contributed by atoms with van der Waals surface area (Å²) in [4.78, 5) is 24.8. The van der Waals surface area contributed by atoms with Crippen molar-refractivity contribution < 1.29 is 24.1 Å². The van der Waals surface area contributed by atoms with Gasteiger partial charge in [-0.1, -0.05) is 23.4 Å². The summed E-state index contributed by atoms with van der Waals surface area (Å²) in [7, 11) is 0. The summed E-state index contributed by atoms with van der Waals surface area (Å²) in [6.07, 6.45) is 2.25. The van der Waals surface area contributed by atoms with Crippen LogP contribution in [0, 0.1) is 5.82 Å². The number of hydrogen-bond donors (Lipinski definition) is 3. The van der Waals surface area contributed by atoms with Crippen LogP contribution < -0.4 is 10.1 Å². The number of fused-ring (bicyclic) bond motifs is 3. The minimum atomic E-state index is -0.956. The number of pyridine rings is 1. The number of piperazine rings is 1. The Labute approximate surface area is 168 Å². The van der Waals surface area contributed by atoms with E-state index in [9.17, 15) is 19.4 Å². The number of carbonyl (C=O) groups is 1. The Bertz CT molecular complexity index is 951. The van der Waals surface area contributed by atoms with Crippen LogP contribution in [-0.4, -0.2) is 73.7 Å². The van der Waals surface area contributed by atoms with Crippen molar-refractivity contribution in [1.29, 1.82) is 0 Å². The summed E-state index contributed by atoms with van der Waals surface area (Å²) in [5.74, 6) is -1.43. The molecule has 9 nitrogen and oxygen atoms in total. The fraction of sp³-hybridized carbons (Fsp3) is 0.500. The van der Waals surface area contributed by atoms with Gasteiger partial charge in [-0.2, -0.15) is 9.97 Å². The number of nitrogens with zero attached hydrogens (tertiary/aromatic N) is 4. The number of thioether (sulfide) groups is 1. The fourth-order valence-corrected chi connectivity index (χ4v) is 4.37. The molecule has 2 aromatic rings. The van der Waals surface area contributed by atoms with E-state index in [2.05, 4.69) is 20.3 Å². The second-order valence-electron chi connectivity index (χ2n) is 6.59. The van der Waals surface area contributed by atoms with Gasteiger partial charge in [-0.15, -0.1) is 0 Å². The number of hydrogen-bond acceptors (Lipinski definition) is 8. The predicted molar refractivity (Wildman–Crippen MR) is 99.7 cm³/mol. The van der Waals surface area contributed by atoms with Gasteiger partial charge in [0.25, 0.3) is 0 Å². The molecule has 3 atom stereocenters. The number of amides is 1. The van der Waals surface area contributed by atoms with Crippen LogP contribution in [0.2, 0.25) is 5.15 Å². The lowest BCUT2D eigenvalue weighted by molar-refractivity contribution is 0.0779. The maximum atomic E-state index is 14.4. The Kier molecular flexibility index (Phi) is 5.06. The first-order chi connectivity index (χ1) is 13.4. The molecule has 3 unspecified atom stereocenters. The minimum absolute atomic E-state index is 0.0413. The number of halogens is 2. The molecule has 2 fully saturated rings. The van der Waals surface area contributed by atoms with E-state index in [1.165, 1.54) is 4.90 Å². The van der Waals surface area contributed by atoms with Gasteiger partial charge in [0.1, 0.15) is 17.5 Å². The van der Waals surface area contributed by atoms with Crippen molar-refractivity contribution in [2.24, 2.45) is 0 Å². The van der Waals surface area contributed by atoms with Gasteiger partial charge in [0.15, 0.2) is 16.1 Å². The lowest BCUT2D eigenvalue weighted by atomic mass is 10.1. The highest BCUT2D eigenvalue weighted by molar-refractivity contribution is 7.98. The zero-order valence-corrected chi connectivity index (χ0v) is 16.3. The highest BCUT2D eigenvalue weighted by Gasteiger charge is 2.45. The molecule has 12 heteroatoms. The van der Waals surface area contributed by atoms with Crippen LogP contribution in [0.15, 0.2) is 5.16 Å². The summed E-state index contributed by atoms with van der Waals surface area (Å²) in [6.45, 7) is 0.593. The van der Waals surface area contributed by atoms with Gasteiger partial charge in [0, 0.05) is 12.6 Å². The van der Waals surface area contributed by atoms with Crippen molar-refractivity contribution in [2.75, 3.05) is 19.4 Å². The van der Waals surface area contributed by atoms with Gasteiger partial charge >= 0.3 is 6.09 Å². The Morgan fingerprint density at radius 2 is 2.21 bits per heavy atom. The summed E-state index contributed by atoms with van der Waals surface area (Å²) < 4.78 is 20.1. The van der Waals surface area contributed by atoms with E-state index in [-0.39, 0.29) is 46.7 Å². The lowest BCUT2D eigenvalue weighted by Crippen LogP contribution is -2.61. The molecule has 0 saturated carbocycles. The molecule has 0 aliphatic carbocycles. The molecule has 2 bridgehead atoms. The lowest BCUT2D eigenvalue weighted by Gasteiger charge is -2.38.